The minimum atomic E-state index is 0.670. The normalized spacial score (nSPS) is 11.8. The van der Waals surface area contributed by atoms with Crippen molar-refractivity contribution in [2.45, 2.75) is 33.7 Å². The highest BCUT2D eigenvalue weighted by molar-refractivity contribution is 7.98. The van der Waals surface area contributed by atoms with Gasteiger partial charge in [0.05, 0.1) is 12.2 Å². The quantitative estimate of drug-likeness (QED) is 0.458. The van der Waals surface area contributed by atoms with Crippen LogP contribution in [0.15, 0.2) is 4.99 Å². The van der Waals surface area contributed by atoms with Gasteiger partial charge in [0.25, 0.3) is 0 Å². The molecule has 0 aliphatic rings. The standard InChI is InChI=1S/C14H27N5S/c1-6-15-14(16-8-7-9-20-5)17-10-13-11(2)18-19(4)12(13)3/h6-10H2,1-5H3,(H2,15,16,17). The number of rotatable bonds is 7. The molecule has 20 heavy (non-hydrogen) atoms. The van der Waals surface area contributed by atoms with Gasteiger partial charge in [-0.25, -0.2) is 4.99 Å². The van der Waals surface area contributed by atoms with Gasteiger partial charge in [-0.05, 0) is 39.2 Å². The van der Waals surface area contributed by atoms with E-state index in [2.05, 4.69) is 40.8 Å². The van der Waals surface area contributed by atoms with Gasteiger partial charge in [-0.3, -0.25) is 4.68 Å². The fourth-order valence-corrected chi connectivity index (χ4v) is 2.40. The molecule has 0 saturated carbocycles. The van der Waals surface area contributed by atoms with Crippen LogP contribution in [0.2, 0.25) is 0 Å². The third kappa shape index (κ3) is 5.07. The lowest BCUT2D eigenvalue weighted by molar-refractivity contribution is 0.729. The summed E-state index contributed by atoms with van der Waals surface area (Å²) >= 11 is 1.87. The van der Waals surface area contributed by atoms with E-state index in [0.717, 1.165) is 31.2 Å². The van der Waals surface area contributed by atoms with Gasteiger partial charge in [0.1, 0.15) is 0 Å². The minimum Gasteiger partial charge on any atom is -0.357 e. The average Bonchev–Trinajstić information content (AvgIpc) is 2.66. The number of thioether (sulfide) groups is 1. The van der Waals surface area contributed by atoms with Crippen molar-refractivity contribution in [1.29, 1.82) is 0 Å². The predicted molar refractivity (Wildman–Crippen MR) is 88.5 cm³/mol. The van der Waals surface area contributed by atoms with Crippen LogP contribution < -0.4 is 10.6 Å². The molecule has 0 aliphatic heterocycles. The zero-order valence-corrected chi connectivity index (χ0v) is 14.1. The van der Waals surface area contributed by atoms with Gasteiger partial charge in [0.2, 0.25) is 0 Å². The number of aryl methyl sites for hydroxylation is 2. The fraction of sp³-hybridized carbons (Fsp3) is 0.714. The number of guanidine groups is 1. The molecule has 0 spiro atoms. The maximum Gasteiger partial charge on any atom is 0.191 e. The van der Waals surface area contributed by atoms with E-state index in [1.807, 2.05) is 30.4 Å². The first-order chi connectivity index (χ1) is 9.60. The van der Waals surface area contributed by atoms with E-state index in [1.165, 1.54) is 17.0 Å². The summed E-state index contributed by atoms with van der Waals surface area (Å²) in [6, 6.07) is 0. The SMILES string of the molecule is CCNC(=NCc1c(C)nn(C)c1C)NCCCSC. The first-order valence-corrected chi connectivity index (χ1v) is 8.49. The van der Waals surface area contributed by atoms with Crippen molar-refractivity contribution in [2.75, 3.05) is 25.1 Å². The lowest BCUT2D eigenvalue weighted by atomic mass is 10.2. The Morgan fingerprint density at radius 1 is 1.35 bits per heavy atom. The molecule has 0 unspecified atom stereocenters. The zero-order chi connectivity index (χ0) is 15.0. The Hall–Kier alpha value is -1.17. The lowest BCUT2D eigenvalue weighted by Crippen LogP contribution is -2.37. The Kier molecular flexibility index (Phi) is 7.51. The first kappa shape index (κ1) is 16.9. The Morgan fingerprint density at radius 2 is 2.10 bits per heavy atom. The highest BCUT2D eigenvalue weighted by Gasteiger charge is 2.08. The Balaban J connectivity index is 2.61. The van der Waals surface area contributed by atoms with Gasteiger partial charge in [-0.2, -0.15) is 16.9 Å². The highest BCUT2D eigenvalue weighted by Crippen LogP contribution is 2.12. The molecular formula is C14H27N5S. The fourth-order valence-electron chi connectivity index (χ4n) is 1.97. The number of hydrogen-bond donors (Lipinski definition) is 2. The second kappa shape index (κ2) is 8.89. The topological polar surface area (TPSA) is 54.2 Å². The second-order valence-corrected chi connectivity index (χ2v) is 5.73. The smallest absolute Gasteiger partial charge is 0.191 e. The molecule has 1 heterocycles. The van der Waals surface area contributed by atoms with Crippen LogP contribution in [-0.2, 0) is 13.6 Å². The van der Waals surface area contributed by atoms with Crippen LogP contribution in [0.1, 0.15) is 30.3 Å². The minimum absolute atomic E-state index is 0.670. The molecule has 114 valence electrons. The predicted octanol–water partition coefficient (Wildman–Crippen LogP) is 1.85. The summed E-state index contributed by atoms with van der Waals surface area (Å²) in [5, 5.41) is 11.1. The number of nitrogens with zero attached hydrogens (tertiary/aromatic N) is 3. The number of aliphatic imine (C=N–C) groups is 1. The molecule has 2 N–H and O–H groups in total. The van der Waals surface area contributed by atoms with E-state index in [0.29, 0.717) is 6.54 Å². The summed E-state index contributed by atoms with van der Waals surface area (Å²) < 4.78 is 1.92. The average molecular weight is 297 g/mol. The zero-order valence-electron chi connectivity index (χ0n) is 13.3. The van der Waals surface area contributed by atoms with Crippen LogP contribution in [-0.4, -0.2) is 40.8 Å². The van der Waals surface area contributed by atoms with Crippen LogP contribution in [0.5, 0.6) is 0 Å². The Morgan fingerprint density at radius 3 is 2.65 bits per heavy atom. The van der Waals surface area contributed by atoms with Crippen molar-refractivity contribution >= 4 is 17.7 Å². The van der Waals surface area contributed by atoms with E-state index in [4.69, 9.17) is 0 Å². The number of hydrogen-bond acceptors (Lipinski definition) is 3. The van der Waals surface area contributed by atoms with E-state index in [-0.39, 0.29) is 0 Å². The van der Waals surface area contributed by atoms with E-state index >= 15 is 0 Å². The van der Waals surface area contributed by atoms with Gasteiger partial charge in [0.15, 0.2) is 5.96 Å². The van der Waals surface area contributed by atoms with Crippen LogP contribution in [0.4, 0.5) is 0 Å². The summed E-state index contributed by atoms with van der Waals surface area (Å²) in [4.78, 5) is 4.65. The van der Waals surface area contributed by atoms with Gasteiger partial charge in [-0.15, -0.1) is 0 Å². The second-order valence-electron chi connectivity index (χ2n) is 4.74. The van der Waals surface area contributed by atoms with E-state index < -0.39 is 0 Å². The molecule has 6 heteroatoms. The van der Waals surface area contributed by atoms with Gasteiger partial charge >= 0.3 is 0 Å². The van der Waals surface area contributed by atoms with Crippen molar-refractivity contribution in [3.8, 4) is 0 Å². The molecule has 0 saturated heterocycles. The molecule has 0 aromatic carbocycles. The van der Waals surface area contributed by atoms with Gasteiger partial charge in [-0.1, -0.05) is 0 Å². The van der Waals surface area contributed by atoms with Crippen molar-refractivity contribution in [3.05, 3.63) is 17.0 Å². The third-order valence-corrected chi connectivity index (χ3v) is 3.91. The molecule has 0 bridgehead atoms. The largest absolute Gasteiger partial charge is 0.357 e. The summed E-state index contributed by atoms with van der Waals surface area (Å²) in [6.07, 6.45) is 3.28. The third-order valence-electron chi connectivity index (χ3n) is 3.22. The molecule has 0 fully saturated rings. The maximum absolute atomic E-state index is 4.65. The molecule has 5 nitrogen and oxygen atoms in total. The molecule has 0 atom stereocenters. The van der Waals surface area contributed by atoms with Crippen LogP contribution >= 0.6 is 11.8 Å². The highest BCUT2D eigenvalue weighted by atomic mass is 32.2. The molecule has 1 aromatic rings. The van der Waals surface area contributed by atoms with Crippen LogP contribution in [0, 0.1) is 13.8 Å². The summed E-state index contributed by atoms with van der Waals surface area (Å²) in [5.74, 6) is 2.06. The summed E-state index contributed by atoms with van der Waals surface area (Å²) in [6.45, 7) is 8.71. The number of aromatic nitrogens is 2. The maximum atomic E-state index is 4.65. The lowest BCUT2D eigenvalue weighted by Gasteiger charge is -2.11. The molecular weight excluding hydrogens is 270 g/mol. The van der Waals surface area contributed by atoms with Gasteiger partial charge < -0.3 is 10.6 Å². The van der Waals surface area contributed by atoms with Crippen molar-refractivity contribution in [1.82, 2.24) is 20.4 Å². The van der Waals surface area contributed by atoms with Gasteiger partial charge in [0, 0.05) is 31.4 Å². The Bertz CT molecular complexity index is 439. The molecule has 0 amide bonds. The monoisotopic (exact) mass is 297 g/mol. The van der Waals surface area contributed by atoms with E-state index in [9.17, 15) is 0 Å². The summed E-state index contributed by atoms with van der Waals surface area (Å²) in [7, 11) is 1.97. The summed E-state index contributed by atoms with van der Waals surface area (Å²) in [5.41, 5.74) is 3.46. The van der Waals surface area contributed by atoms with Crippen LogP contribution in [0.25, 0.3) is 0 Å². The Labute approximate surface area is 126 Å². The van der Waals surface area contributed by atoms with Crippen molar-refractivity contribution in [2.24, 2.45) is 12.0 Å². The molecule has 1 rings (SSSR count). The first-order valence-electron chi connectivity index (χ1n) is 7.10. The molecule has 0 radical (unpaired) electrons. The molecule has 1 aromatic heterocycles. The molecule has 0 aliphatic carbocycles. The van der Waals surface area contributed by atoms with Crippen LogP contribution in [0.3, 0.4) is 0 Å². The van der Waals surface area contributed by atoms with Crippen molar-refractivity contribution < 1.29 is 0 Å². The van der Waals surface area contributed by atoms with E-state index in [1.54, 1.807) is 0 Å². The number of nitrogens with one attached hydrogen (secondary N) is 2. The van der Waals surface area contributed by atoms with Crippen molar-refractivity contribution in [3.63, 3.8) is 0 Å².